The Morgan fingerprint density at radius 2 is 1.83 bits per heavy atom. The van der Waals surface area contributed by atoms with Crippen LogP contribution in [0.25, 0.3) is 32.6 Å². The van der Waals surface area contributed by atoms with E-state index in [4.69, 9.17) is 24.7 Å². The van der Waals surface area contributed by atoms with Gasteiger partial charge in [-0.3, -0.25) is 4.52 Å². The van der Waals surface area contributed by atoms with Gasteiger partial charge in [-0.15, -0.1) is 11.3 Å². The predicted octanol–water partition coefficient (Wildman–Crippen LogP) is 3.48. The Bertz CT molecular complexity index is 1560. The summed E-state index contributed by atoms with van der Waals surface area (Å²) in [7, 11) is 4.84. The van der Waals surface area contributed by atoms with Crippen LogP contribution in [-0.2, 0) is 7.05 Å². The molecule has 176 valence electrons. The Morgan fingerprint density at radius 1 is 1.06 bits per heavy atom. The summed E-state index contributed by atoms with van der Waals surface area (Å²) in [5, 5.41) is 17.4. The summed E-state index contributed by atoms with van der Waals surface area (Å²) in [6, 6.07) is 17.4. The Morgan fingerprint density at radius 3 is 2.51 bits per heavy atom. The summed E-state index contributed by atoms with van der Waals surface area (Å²) in [6.07, 6.45) is 1.50. The van der Waals surface area contributed by atoms with E-state index in [2.05, 4.69) is 10.3 Å². The molecule has 9 nitrogen and oxygen atoms in total. The highest BCUT2D eigenvalue weighted by Gasteiger charge is 2.19. The summed E-state index contributed by atoms with van der Waals surface area (Å²) >= 11 is 1.19. The number of rotatable bonds is 6. The van der Waals surface area contributed by atoms with Gasteiger partial charge in [0.1, 0.15) is 4.83 Å². The lowest BCUT2D eigenvalue weighted by Crippen LogP contribution is -2.27. The minimum Gasteiger partial charge on any atom is -0.857 e. The number of pyridine rings is 1. The molecule has 3 aromatic heterocycles. The normalized spacial score (nSPS) is 11.7. The second kappa shape index (κ2) is 9.07. The fraction of sp³-hybridized carbons (Fsp3) is 0.120. The molecule has 0 aliphatic carbocycles. The number of aromatic nitrogens is 3. The van der Waals surface area contributed by atoms with Crippen molar-refractivity contribution in [3.63, 3.8) is 0 Å². The zero-order chi connectivity index (χ0) is 24.5. The lowest BCUT2D eigenvalue weighted by atomic mass is 9.99. The number of fused-ring (bicyclic) bond motifs is 1. The second-order valence-corrected chi connectivity index (χ2v) is 8.65. The fourth-order valence-electron chi connectivity index (χ4n) is 3.78. The molecule has 2 N–H and O–H groups in total. The molecule has 0 unspecified atom stereocenters. The highest BCUT2D eigenvalue weighted by molar-refractivity contribution is 7.21. The standard InChI is InChI=1S/C25H21N5O4S/c1-30-13-20(34-29-30)28-24(31)23-22(26)21-16(15-9-10-18(32-2)19(11-15)33-3)12-17(27-25(21)35-23)14-7-5-4-6-8-14/h4-13H,1-3H3,(H2-,26,28,29,31). The first-order valence-electron chi connectivity index (χ1n) is 10.6. The van der Waals surface area contributed by atoms with Gasteiger partial charge in [-0.2, -0.15) is 0 Å². The van der Waals surface area contributed by atoms with Crippen molar-refractivity contribution < 1.29 is 23.8 Å². The third kappa shape index (κ3) is 4.15. The van der Waals surface area contributed by atoms with Gasteiger partial charge in [0.25, 0.3) is 6.20 Å². The third-order valence-corrected chi connectivity index (χ3v) is 6.52. The van der Waals surface area contributed by atoms with E-state index >= 15 is 0 Å². The van der Waals surface area contributed by atoms with Gasteiger partial charge in [0, 0.05) is 16.8 Å². The van der Waals surface area contributed by atoms with Crippen molar-refractivity contribution in [1.82, 2.24) is 10.3 Å². The number of aryl methyl sites for hydroxylation is 1. The van der Waals surface area contributed by atoms with E-state index in [1.54, 1.807) is 21.3 Å². The van der Waals surface area contributed by atoms with Crippen molar-refractivity contribution in [2.24, 2.45) is 12.0 Å². The first-order chi connectivity index (χ1) is 17.0. The van der Waals surface area contributed by atoms with E-state index in [0.29, 0.717) is 27.4 Å². The monoisotopic (exact) mass is 487 g/mol. The average Bonchev–Trinajstić information content (AvgIpc) is 3.45. The van der Waals surface area contributed by atoms with Crippen molar-refractivity contribution in [3.8, 4) is 33.9 Å². The van der Waals surface area contributed by atoms with Gasteiger partial charge in [-0.25, -0.2) is 9.98 Å². The first-order valence-corrected chi connectivity index (χ1v) is 11.4. The number of benzene rings is 2. The van der Waals surface area contributed by atoms with Crippen LogP contribution in [0.3, 0.4) is 0 Å². The molecule has 0 bridgehead atoms. The molecule has 0 fully saturated rings. The van der Waals surface area contributed by atoms with Gasteiger partial charge < -0.3 is 20.3 Å². The zero-order valence-corrected chi connectivity index (χ0v) is 20.0. The molecule has 0 saturated carbocycles. The van der Waals surface area contributed by atoms with E-state index in [1.165, 1.54) is 22.2 Å². The molecule has 5 rings (SSSR count). The van der Waals surface area contributed by atoms with Crippen molar-refractivity contribution in [2.75, 3.05) is 20.0 Å². The van der Waals surface area contributed by atoms with E-state index in [0.717, 1.165) is 22.4 Å². The van der Waals surface area contributed by atoms with Gasteiger partial charge >= 0.3 is 5.88 Å². The largest absolute Gasteiger partial charge is 0.857 e. The van der Waals surface area contributed by atoms with Crippen molar-refractivity contribution in [2.45, 2.75) is 0 Å². The first kappa shape index (κ1) is 22.4. The minimum atomic E-state index is -0.526. The molecule has 0 aliphatic heterocycles. The zero-order valence-electron chi connectivity index (χ0n) is 19.2. The number of nitrogens with zero attached hydrogens (tertiary/aromatic N) is 4. The number of hydrogen-bond donors (Lipinski definition) is 1. The van der Waals surface area contributed by atoms with E-state index in [9.17, 15) is 5.11 Å². The number of aliphatic imine (C=N–C) groups is 1. The minimum absolute atomic E-state index is 0.0902. The molecule has 0 saturated heterocycles. The van der Waals surface area contributed by atoms with Crippen LogP contribution in [0.5, 0.6) is 11.5 Å². The average molecular weight is 488 g/mol. The molecule has 35 heavy (non-hydrogen) atoms. The molecule has 3 heterocycles. The Balaban J connectivity index is 1.75. The number of thiophene rings is 1. The van der Waals surface area contributed by atoms with E-state index in [-0.39, 0.29) is 10.8 Å². The van der Waals surface area contributed by atoms with Gasteiger partial charge in [0.15, 0.2) is 23.8 Å². The van der Waals surface area contributed by atoms with Gasteiger partial charge in [-0.1, -0.05) is 41.1 Å². The molecule has 2 aromatic carbocycles. The number of nitrogens with two attached hydrogens (primary N) is 1. The summed E-state index contributed by atoms with van der Waals surface area (Å²) in [6.45, 7) is 0. The Labute approximate surface area is 204 Å². The Kier molecular flexibility index (Phi) is 5.79. The topological polar surface area (TPSA) is 123 Å². The SMILES string of the molecule is COc1ccc(-c2cc(-c3ccccc3)nc3sc(/C([O-])=N/c4c[n+](C)no4)c(N)c23)cc1OC. The smallest absolute Gasteiger partial charge is 0.320 e. The van der Waals surface area contributed by atoms with Crippen LogP contribution in [0.2, 0.25) is 0 Å². The lowest BCUT2D eigenvalue weighted by Gasteiger charge is -2.12. The Hall–Kier alpha value is -4.44. The van der Waals surface area contributed by atoms with Gasteiger partial charge in [0.2, 0.25) is 0 Å². The summed E-state index contributed by atoms with van der Waals surface area (Å²) in [5.74, 6) is 0.752. The van der Waals surface area contributed by atoms with Crippen molar-refractivity contribution in [3.05, 3.63) is 65.7 Å². The number of anilines is 1. The number of methoxy groups -OCH3 is 2. The van der Waals surface area contributed by atoms with E-state index in [1.807, 2.05) is 54.6 Å². The van der Waals surface area contributed by atoms with Crippen LogP contribution in [0.1, 0.15) is 4.88 Å². The quantitative estimate of drug-likeness (QED) is 0.221. The fourth-order valence-corrected chi connectivity index (χ4v) is 4.79. The van der Waals surface area contributed by atoms with E-state index < -0.39 is 5.90 Å². The molecule has 0 amide bonds. The van der Waals surface area contributed by atoms with Crippen LogP contribution >= 0.6 is 11.3 Å². The number of ether oxygens (including phenoxy) is 2. The highest BCUT2D eigenvalue weighted by Crippen LogP contribution is 2.43. The maximum atomic E-state index is 13.0. The van der Waals surface area contributed by atoms with Crippen LogP contribution in [-0.4, -0.2) is 30.4 Å². The number of nitrogen functional groups attached to an aromatic ring is 1. The lowest BCUT2D eigenvalue weighted by molar-refractivity contribution is -0.739. The molecular weight excluding hydrogens is 466 g/mol. The van der Waals surface area contributed by atoms with Crippen LogP contribution < -0.4 is 25.0 Å². The molecule has 0 radical (unpaired) electrons. The summed E-state index contributed by atoms with van der Waals surface area (Å²) in [4.78, 5) is 9.75. The maximum Gasteiger partial charge on any atom is 0.320 e. The van der Waals surface area contributed by atoms with Crippen LogP contribution in [0, 0.1) is 0 Å². The van der Waals surface area contributed by atoms with Crippen molar-refractivity contribution >= 4 is 39.0 Å². The van der Waals surface area contributed by atoms with Gasteiger partial charge in [0.05, 0.1) is 30.5 Å². The second-order valence-electron chi connectivity index (χ2n) is 7.65. The molecule has 0 aliphatic rings. The van der Waals surface area contributed by atoms with Crippen LogP contribution in [0.15, 0.2) is 70.3 Å². The molecular formula is C25H21N5O4S. The summed E-state index contributed by atoms with van der Waals surface area (Å²) in [5.41, 5.74) is 10.2. The third-order valence-electron chi connectivity index (χ3n) is 5.43. The van der Waals surface area contributed by atoms with Crippen molar-refractivity contribution in [1.29, 1.82) is 0 Å². The molecule has 0 atom stereocenters. The molecule has 10 heteroatoms. The van der Waals surface area contributed by atoms with Crippen LogP contribution in [0.4, 0.5) is 11.6 Å². The summed E-state index contributed by atoms with van der Waals surface area (Å²) < 4.78 is 17.4. The predicted molar refractivity (Wildman–Crippen MR) is 132 cm³/mol. The molecule has 0 spiro atoms. The van der Waals surface area contributed by atoms with Gasteiger partial charge in [-0.05, 0) is 29.3 Å². The highest BCUT2D eigenvalue weighted by atomic mass is 32.1. The molecule has 5 aromatic rings. The maximum absolute atomic E-state index is 13.0. The number of hydrogen-bond acceptors (Lipinski definition) is 9.